The highest BCUT2D eigenvalue weighted by atomic mass is 35.5. The summed E-state index contributed by atoms with van der Waals surface area (Å²) in [6, 6.07) is 2.86. The second kappa shape index (κ2) is 4.92. The van der Waals surface area contributed by atoms with Crippen molar-refractivity contribution >= 4 is 21.6 Å². The van der Waals surface area contributed by atoms with Crippen molar-refractivity contribution in [2.75, 3.05) is 0 Å². The minimum Gasteiger partial charge on any atom is -0.244 e. The van der Waals surface area contributed by atoms with Crippen molar-refractivity contribution in [1.29, 1.82) is 0 Å². The molecular weight excluding hydrogens is 260 g/mol. The van der Waals surface area contributed by atoms with Gasteiger partial charge in [-0.25, -0.2) is 18.1 Å². The molecular formula is C11H15ClN2O2S. The zero-order chi connectivity index (χ0) is 12.5. The molecule has 0 aliphatic heterocycles. The van der Waals surface area contributed by atoms with E-state index < -0.39 is 10.0 Å². The van der Waals surface area contributed by atoms with E-state index in [0.29, 0.717) is 5.92 Å². The van der Waals surface area contributed by atoms with Gasteiger partial charge in [-0.15, -0.1) is 0 Å². The van der Waals surface area contributed by atoms with E-state index in [1.807, 2.05) is 0 Å². The third-order valence-corrected chi connectivity index (χ3v) is 4.75. The summed E-state index contributed by atoms with van der Waals surface area (Å²) in [5, 5.41) is 0.188. The lowest BCUT2D eigenvalue weighted by atomic mass is 10.1. The largest absolute Gasteiger partial charge is 0.244 e. The van der Waals surface area contributed by atoms with Crippen LogP contribution in [0.4, 0.5) is 0 Å². The van der Waals surface area contributed by atoms with Gasteiger partial charge in [0.2, 0.25) is 10.0 Å². The van der Waals surface area contributed by atoms with E-state index in [2.05, 4.69) is 16.6 Å². The zero-order valence-corrected chi connectivity index (χ0v) is 11.1. The van der Waals surface area contributed by atoms with Crippen molar-refractivity contribution in [2.45, 2.75) is 37.1 Å². The quantitative estimate of drug-likeness (QED) is 0.860. The Labute approximate surface area is 106 Å². The number of pyridine rings is 1. The number of hydrogen-bond donors (Lipinski definition) is 1. The lowest BCUT2D eigenvalue weighted by Crippen LogP contribution is -2.32. The number of halogens is 1. The normalized spacial score (nSPS) is 25.1. The number of nitrogens with one attached hydrogen (secondary N) is 1. The van der Waals surface area contributed by atoms with E-state index in [1.54, 1.807) is 0 Å². The molecule has 0 saturated heterocycles. The van der Waals surface area contributed by atoms with Gasteiger partial charge in [0.15, 0.2) is 0 Å². The molecule has 0 spiro atoms. The molecule has 1 fully saturated rings. The second-order valence-corrected chi connectivity index (χ2v) is 6.65. The third-order valence-electron chi connectivity index (χ3n) is 3.02. The van der Waals surface area contributed by atoms with Crippen molar-refractivity contribution in [3.63, 3.8) is 0 Å². The molecule has 2 unspecified atom stereocenters. The summed E-state index contributed by atoms with van der Waals surface area (Å²) in [5.41, 5.74) is 0. The van der Waals surface area contributed by atoms with E-state index in [-0.39, 0.29) is 16.1 Å². The van der Waals surface area contributed by atoms with E-state index in [9.17, 15) is 8.42 Å². The first-order valence-corrected chi connectivity index (χ1v) is 7.47. The van der Waals surface area contributed by atoms with Gasteiger partial charge in [-0.2, -0.15) is 0 Å². The van der Waals surface area contributed by atoms with Crippen LogP contribution in [-0.4, -0.2) is 19.4 Å². The summed E-state index contributed by atoms with van der Waals surface area (Å²) >= 11 is 5.69. The molecule has 1 saturated carbocycles. The summed E-state index contributed by atoms with van der Waals surface area (Å²) in [7, 11) is -3.46. The fourth-order valence-corrected chi connectivity index (χ4v) is 3.69. The molecule has 6 heteroatoms. The van der Waals surface area contributed by atoms with E-state index in [4.69, 9.17) is 11.6 Å². The second-order valence-electron chi connectivity index (χ2n) is 4.55. The molecule has 1 aromatic heterocycles. The van der Waals surface area contributed by atoms with Crippen molar-refractivity contribution in [1.82, 2.24) is 9.71 Å². The van der Waals surface area contributed by atoms with Crippen LogP contribution in [0.1, 0.15) is 26.2 Å². The minimum atomic E-state index is -3.46. The van der Waals surface area contributed by atoms with Gasteiger partial charge in [0.1, 0.15) is 5.15 Å². The lowest BCUT2D eigenvalue weighted by Gasteiger charge is -2.12. The van der Waals surface area contributed by atoms with Crippen LogP contribution in [0, 0.1) is 5.92 Å². The van der Waals surface area contributed by atoms with E-state index in [1.165, 1.54) is 18.3 Å². The maximum Gasteiger partial charge on any atom is 0.240 e. The van der Waals surface area contributed by atoms with Crippen LogP contribution >= 0.6 is 11.6 Å². The zero-order valence-electron chi connectivity index (χ0n) is 9.56. The van der Waals surface area contributed by atoms with E-state index in [0.717, 1.165) is 19.3 Å². The van der Waals surface area contributed by atoms with Crippen LogP contribution in [0.2, 0.25) is 5.15 Å². The van der Waals surface area contributed by atoms with Crippen molar-refractivity contribution < 1.29 is 8.42 Å². The molecule has 1 heterocycles. The molecule has 1 aliphatic carbocycles. The number of hydrogen-bond acceptors (Lipinski definition) is 3. The third kappa shape index (κ3) is 3.18. The summed E-state index contributed by atoms with van der Waals surface area (Å²) in [6.45, 7) is 2.14. The topological polar surface area (TPSA) is 59.1 Å². The van der Waals surface area contributed by atoms with Gasteiger partial charge in [-0.3, -0.25) is 0 Å². The van der Waals surface area contributed by atoms with Crippen LogP contribution < -0.4 is 4.72 Å². The monoisotopic (exact) mass is 274 g/mol. The smallest absolute Gasteiger partial charge is 0.240 e. The van der Waals surface area contributed by atoms with Gasteiger partial charge in [-0.05, 0) is 37.3 Å². The fourth-order valence-electron chi connectivity index (χ4n) is 2.15. The average molecular weight is 275 g/mol. The Balaban J connectivity index is 2.14. The molecule has 1 aromatic rings. The molecule has 1 N–H and O–H groups in total. The van der Waals surface area contributed by atoms with Crippen LogP contribution in [0.25, 0.3) is 0 Å². The average Bonchev–Trinajstić information content (AvgIpc) is 2.63. The van der Waals surface area contributed by atoms with Gasteiger partial charge in [0.25, 0.3) is 0 Å². The molecule has 0 aromatic carbocycles. The Bertz CT molecular complexity index is 504. The van der Waals surface area contributed by atoms with Gasteiger partial charge >= 0.3 is 0 Å². The first-order valence-electron chi connectivity index (χ1n) is 5.61. The predicted octanol–water partition coefficient (Wildman–Crippen LogP) is 2.20. The molecule has 2 rings (SSSR count). The van der Waals surface area contributed by atoms with Crippen LogP contribution in [0.15, 0.2) is 23.2 Å². The molecule has 0 bridgehead atoms. The van der Waals surface area contributed by atoms with Crippen molar-refractivity contribution in [3.05, 3.63) is 23.5 Å². The van der Waals surface area contributed by atoms with Crippen LogP contribution in [0.5, 0.6) is 0 Å². The molecule has 0 amide bonds. The predicted molar refractivity (Wildman–Crippen MR) is 66.4 cm³/mol. The number of rotatable bonds is 3. The highest BCUT2D eigenvalue weighted by Gasteiger charge is 2.26. The number of nitrogens with zero attached hydrogens (tertiary/aromatic N) is 1. The van der Waals surface area contributed by atoms with Gasteiger partial charge in [0.05, 0.1) is 4.90 Å². The molecule has 17 heavy (non-hydrogen) atoms. The minimum absolute atomic E-state index is 0.0435. The maximum absolute atomic E-state index is 12.0. The first-order chi connectivity index (χ1) is 7.97. The maximum atomic E-state index is 12.0. The summed E-state index contributed by atoms with van der Waals surface area (Å²) in [6.07, 6.45) is 4.27. The van der Waals surface area contributed by atoms with Crippen molar-refractivity contribution in [3.8, 4) is 0 Å². The number of aromatic nitrogens is 1. The summed E-state index contributed by atoms with van der Waals surface area (Å²) < 4.78 is 26.8. The Morgan fingerprint density at radius 2 is 2.24 bits per heavy atom. The Kier molecular flexibility index (Phi) is 3.70. The van der Waals surface area contributed by atoms with Crippen molar-refractivity contribution in [2.24, 2.45) is 5.92 Å². The molecule has 94 valence electrons. The Morgan fingerprint density at radius 1 is 1.47 bits per heavy atom. The van der Waals surface area contributed by atoms with Gasteiger partial charge in [0, 0.05) is 12.2 Å². The molecule has 4 nitrogen and oxygen atoms in total. The molecule has 2 atom stereocenters. The summed E-state index contributed by atoms with van der Waals surface area (Å²) in [4.78, 5) is 3.95. The fraction of sp³-hybridized carbons (Fsp3) is 0.545. The number of sulfonamides is 1. The highest BCUT2D eigenvalue weighted by molar-refractivity contribution is 7.89. The molecule has 0 radical (unpaired) electrons. The summed E-state index contributed by atoms with van der Waals surface area (Å²) in [5.74, 6) is 0.587. The lowest BCUT2D eigenvalue weighted by molar-refractivity contribution is 0.538. The van der Waals surface area contributed by atoms with E-state index >= 15 is 0 Å². The van der Waals surface area contributed by atoms with Gasteiger partial charge in [-0.1, -0.05) is 18.5 Å². The standard InChI is InChI=1S/C11H15ClN2O2S/c1-8-2-3-9(6-8)14-17(15,16)10-4-5-13-11(12)7-10/h4-5,7-9,14H,2-3,6H2,1H3. The molecule has 1 aliphatic rings. The Hall–Kier alpha value is -0.650. The SMILES string of the molecule is CC1CCC(NS(=O)(=O)c2ccnc(Cl)c2)C1. The highest BCUT2D eigenvalue weighted by Crippen LogP contribution is 2.26. The van der Waals surface area contributed by atoms with Crippen LogP contribution in [-0.2, 0) is 10.0 Å². The first kappa shape index (κ1) is 12.8. The van der Waals surface area contributed by atoms with Crippen LogP contribution in [0.3, 0.4) is 0 Å². The van der Waals surface area contributed by atoms with Gasteiger partial charge < -0.3 is 0 Å². The Morgan fingerprint density at radius 3 is 2.82 bits per heavy atom.